The molecule has 1 unspecified atom stereocenters. The van der Waals surface area contributed by atoms with E-state index in [9.17, 15) is 5.11 Å². The van der Waals surface area contributed by atoms with Crippen LogP contribution in [0.3, 0.4) is 0 Å². The predicted molar refractivity (Wildman–Crippen MR) is 80.8 cm³/mol. The standard InChI is InChI=1S/C16H26N2O/c1-12-5-6-13(2)15(9-12)18-10-14(11-19)17-8-7-16(18,3)4/h5-6,9,14,17,19H,7-8,10-11H2,1-4H3. The number of aliphatic hydroxyl groups is 1. The molecule has 0 spiro atoms. The van der Waals surface area contributed by atoms with Crippen LogP contribution in [-0.4, -0.2) is 36.4 Å². The lowest BCUT2D eigenvalue weighted by Crippen LogP contribution is -2.48. The van der Waals surface area contributed by atoms with Gasteiger partial charge in [0, 0.05) is 23.8 Å². The van der Waals surface area contributed by atoms with Crippen LogP contribution in [0, 0.1) is 13.8 Å². The normalized spacial score (nSPS) is 23.2. The molecule has 1 atom stereocenters. The van der Waals surface area contributed by atoms with Crippen molar-refractivity contribution < 1.29 is 5.11 Å². The first-order chi connectivity index (χ1) is 8.94. The van der Waals surface area contributed by atoms with Gasteiger partial charge in [-0.1, -0.05) is 12.1 Å². The van der Waals surface area contributed by atoms with E-state index in [1.807, 2.05) is 0 Å². The van der Waals surface area contributed by atoms with Crippen molar-refractivity contribution in [3.8, 4) is 0 Å². The van der Waals surface area contributed by atoms with Gasteiger partial charge < -0.3 is 15.3 Å². The zero-order chi connectivity index (χ0) is 14.0. The second-order valence-electron chi connectivity index (χ2n) is 6.30. The van der Waals surface area contributed by atoms with Crippen LogP contribution in [0.1, 0.15) is 31.4 Å². The van der Waals surface area contributed by atoms with Crippen molar-refractivity contribution >= 4 is 5.69 Å². The minimum absolute atomic E-state index is 0.107. The summed E-state index contributed by atoms with van der Waals surface area (Å²) < 4.78 is 0. The summed E-state index contributed by atoms with van der Waals surface area (Å²) in [5.74, 6) is 0. The lowest BCUT2D eigenvalue weighted by Gasteiger charge is -2.40. The van der Waals surface area contributed by atoms with Crippen LogP contribution in [0.2, 0.25) is 0 Å². The molecule has 1 aliphatic rings. The minimum atomic E-state index is 0.107. The smallest absolute Gasteiger partial charge is 0.0601 e. The summed E-state index contributed by atoms with van der Waals surface area (Å²) in [4.78, 5) is 2.45. The number of hydrogen-bond donors (Lipinski definition) is 2. The molecule has 2 N–H and O–H groups in total. The Morgan fingerprint density at radius 3 is 2.79 bits per heavy atom. The Labute approximate surface area is 116 Å². The Kier molecular flexibility index (Phi) is 4.16. The highest BCUT2D eigenvalue weighted by Gasteiger charge is 2.32. The van der Waals surface area contributed by atoms with Crippen LogP contribution in [0.15, 0.2) is 18.2 Å². The second kappa shape index (κ2) is 5.51. The van der Waals surface area contributed by atoms with Crippen LogP contribution in [0.25, 0.3) is 0 Å². The van der Waals surface area contributed by atoms with Gasteiger partial charge in [-0.3, -0.25) is 0 Å². The molecule has 3 heteroatoms. The first-order valence-corrected chi connectivity index (χ1v) is 7.13. The number of anilines is 1. The number of nitrogens with one attached hydrogen (secondary N) is 1. The van der Waals surface area contributed by atoms with E-state index < -0.39 is 0 Å². The number of rotatable bonds is 2. The highest BCUT2D eigenvalue weighted by atomic mass is 16.3. The van der Waals surface area contributed by atoms with Crippen LogP contribution in [0.4, 0.5) is 5.69 Å². The van der Waals surface area contributed by atoms with Crippen molar-refractivity contribution in [2.75, 3.05) is 24.6 Å². The van der Waals surface area contributed by atoms with E-state index in [0.29, 0.717) is 0 Å². The average Bonchev–Trinajstić information content (AvgIpc) is 2.50. The van der Waals surface area contributed by atoms with E-state index in [0.717, 1.165) is 19.5 Å². The first-order valence-electron chi connectivity index (χ1n) is 7.13. The lowest BCUT2D eigenvalue weighted by atomic mass is 9.96. The van der Waals surface area contributed by atoms with E-state index in [-0.39, 0.29) is 18.2 Å². The number of hydrogen-bond acceptors (Lipinski definition) is 3. The molecule has 1 saturated heterocycles. The Bertz CT molecular complexity index is 442. The van der Waals surface area contributed by atoms with E-state index in [2.05, 4.69) is 56.1 Å². The fraction of sp³-hybridized carbons (Fsp3) is 0.625. The molecule has 1 aliphatic heterocycles. The molecule has 3 nitrogen and oxygen atoms in total. The van der Waals surface area contributed by atoms with Crippen molar-refractivity contribution in [3.05, 3.63) is 29.3 Å². The number of aryl methyl sites for hydroxylation is 2. The van der Waals surface area contributed by atoms with Gasteiger partial charge in [0.2, 0.25) is 0 Å². The Morgan fingerprint density at radius 1 is 1.37 bits per heavy atom. The quantitative estimate of drug-likeness (QED) is 0.858. The van der Waals surface area contributed by atoms with Crippen LogP contribution < -0.4 is 10.2 Å². The Morgan fingerprint density at radius 2 is 2.11 bits per heavy atom. The molecule has 2 rings (SSSR count). The highest BCUT2D eigenvalue weighted by molar-refractivity contribution is 5.57. The molecule has 1 fully saturated rings. The lowest BCUT2D eigenvalue weighted by molar-refractivity contribution is 0.248. The predicted octanol–water partition coefficient (Wildman–Crippen LogP) is 2.24. The molecule has 1 heterocycles. The van der Waals surface area contributed by atoms with Crippen LogP contribution >= 0.6 is 0 Å². The maximum absolute atomic E-state index is 9.49. The fourth-order valence-electron chi connectivity index (χ4n) is 2.81. The van der Waals surface area contributed by atoms with E-state index >= 15 is 0 Å². The van der Waals surface area contributed by atoms with Crippen molar-refractivity contribution in [2.24, 2.45) is 0 Å². The molecule has 19 heavy (non-hydrogen) atoms. The SMILES string of the molecule is Cc1ccc(C)c(N2CC(CO)NCCC2(C)C)c1. The Hall–Kier alpha value is -1.06. The summed E-state index contributed by atoms with van der Waals surface area (Å²) in [7, 11) is 0. The van der Waals surface area contributed by atoms with E-state index in [4.69, 9.17) is 0 Å². The monoisotopic (exact) mass is 262 g/mol. The molecule has 0 saturated carbocycles. The third kappa shape index (κ3) is 3.10. The third-order valence-electron chi connectivity index (χ3n) is 4.18. The van der Waals surface area contributed by atoms with E-state index in [1.54, 1.807) is 0 Å². The van der Waals surface area contributed by atoms with Gasteiger partial charge in [-0.05, 0) is 57.9 Å². The van der Waals surface area contributed by atoms with Gasteiger partial charge in [0.15, 0.2) is 0 Å². The molecule has 106 valence electrons. The number of nitrogens with zero attached hydrogens (tertiary/aromatic N) is 1. The summed E-state index contributed by atoms with van der Waals surface area (Å²) in [5, 5.41) is 12.9. The summed E-state index contributed by atoms with van der Waals surface area (Å²) in [5.41, 5.74) is 3.99. The van der Waals surface area contributed by atoms with Crippen molar-refractivity contribution in [3.63, 3.8) is 0 Å². The first kappa shape index (κ1) is 14.4. The molecule has 0 aliphatic carbocycles. The molecular formula is C16H26N2O. The van der Waals surface area contributed by atoms with Gasteiger partial charge in [-0.15, -0.1) is 0 Å². The molecule has 0 radical (unpaired) electrons. The summed E-state index contributed by atoms with van der Waals surface area (Å²) in [6.07, 6.45) is 1.08. The molecule has 1 aromatic carbocycles. The number of benzene rings is 1. The summed E-state index contributed by atoms with van der Waals surface area (Å²) in [6, 6.07) is 6.76. The van der Waals surface area contributed by atoms with Crippen molar-refractivity contribution in [1.29, 1.82) is 0 Å². The second-order valence-corrected chi connectivity index (χ2v) is 6.30. The highest BCUT2D eigenvalue weighted by Crippen LogP contribution is 2.31. The topological polar surface area (TPSA) is 35.5 Å². The number of aliphatic hydroxyl groups excluding tert-OH is 1. The van der Waals surface area contributed by atoms with Gasteiger partial charge in [-0.2, -0.15) is 0 Å². The zero-order valence-electron chi connectivity index (χ0n) is 12.5. The largest absolute Gasteiger partial charge is 0.395 e. The van der Waals surface area contributed by atoms with E-state index in [1.165, 1.54) is 16.8 Å². The Balaban J connectivity index is 2.39. The molecular weight excluding hydrogens is 236 g/mol. The van der Waals surface area contributed by atoms with Gasteiger partial charge in [0.25, 0.3) is 0 Å². The van der Waals surface area contributed by atoms with Crippen LogP contribution in [-0.2, 0) is 0 Å². The van der Waals surface area contributed by atoms with Crippen LogP contribution in [0.5, 0.6) is 0 Å². The third-order valence-corrected chi connectivity index (χ3v) is 4.18. The van der Waals surface area contributed by atoms with Gasteiger partial charge >= 0.3 is 0 Å². The molecule has 0 bridgehead atoms. The fourth-order valence-corrected chi connectivity index (χ4v) is 2.81. The van der Waals surface area contributed by atoms with Crippen molar-refractivity contribution in [1.82, 2.24) is 5.32 Å². The molecule has 0 aromatic heterocycles. The van der Waals surface area contributed by atoms with Gasteiger partial charge in [-0.25, -0.2) is 0 Å². The van der Waals surface area contributed by atoms with Crippen molar-refractivity contribution in [2.45, 2.75) is 45.7 Å². The average molecular weight is 262 g/mol. The maximum Gasteiger partial charge on any atom is 0.0601 e. The van der Waals surface area contributed by atoms with Gasteiger partial charge in [0.05, 0.1) is 6.61 Å². The zero-order valence-corrected chi connectivity index (χ0v) is 12.5. The maximum atomic E-state index is 9.49. The minimum Gasteiger partial charge on any atom is -0.395 e. The van der Waals surface area contributed by atoms with Gasteiger partial charge in [0.1, 0.15) is 0 Å². The summed E-state index contributed by atoms with van der Waals surface area (Å²) >= 11 is 0. The summed E-state index contributed by atoms with van der Waals surface area (Å²) in [6.45, 7) is 10.9. The molecule has 0 amide bonds. The molecule has 1 aromatic rings.